The van der Waals surface area contributed by atoms with Crippen molar-refractivity contribution in [2.75, 3.05) is 31.3 Å². The van der Waals surface area contributed by atoms with Crippen molar-refractivity contribution >= 4 is 39.9 Å². The Morgan fingerprint density at radius 2 is 1.67 bits per heavy atom. The first-order valence-electron chi connectivity index (χ1n) is 12.3. The maximum Gasteiger partial charge on any atom is 0.279 e. The minimum Gasteiger partial charge on any atom is -0.379 e. The van der Waals surface area contributed by atoms with E-state index in [4.69, 9.17) is 4.74 Å². The number of hydrogen-bond donors (Lipinski definition) is 1. The van der Waals surface area contributed by atoms with Gasteiger partial charge in [-0.2, -0.15) is 10.1 Å². The van der Waals surface area contributed by atoms with Crippen LogP contribution in [-0.4, -0.2) is 54.6 Å². The molecule has 3 aliphatic heterocycles. The number of ether oxygens (including phenoxy) is 1. The minimum absolute atomic E-state index is 0.180. The fraction of sp³-hybridized carbons (Fsp3) is 0.286. The third kappa shape index (κ3) is 4.19. The Morgan fingerprint density at radius 1 is 0.889 bits per heavy atom. The van der Waals surface area contributed by atoms with Crippen LogP contribution in [0.25, 0.3) is 10.8 Å². The van der Waals surface area contributed by atoms with Gasteiger partial charge in [0.2, 0.25) is 5.91 Å². The molecule has 3 heterocycles. The van der Waals surface area contributed by atoms with Crippen LogP contribution in [0.15, 0.2) is 59.7 Å². The summed E-state index contributed by atoms with van der Waals surface area (Å²) in [6.07, 6.45) is 1.14. The Morgan fingerprint density at radius 3 is 2.44 bits per heavy atom. The molecule has 8 nitrogen and oxygen atoms in total. The van der Waals surface area contributed by atoms with Crippen molar-refractivity contribution in [2.24, 2.45) is 5.10 Å². The van der Waals surface area contributed by atoms with Gasteiger partial charge in [-0.3, -0.25) is 24.6 Å². The molecule has 2 saturated heterocycles. The number of morpholine rings is 1. The van der Waals surface area contributed by atoms with Crippen LogP contribution in [0.3, 0.4) is 0 Å². The summed E-state index contributed by atoms with van der Waals surface area (Å²) < 4.78 is 5.44. The van der Waals surface area contributed by atoms with E-state index in [1.807, 2.05) is 24.3 Å². The number of hydrogen-bond acceptors (Lipinski definition) is 6. The maximum atomic E-state index is 13.2. The Balaban J connectivity index is 1.27. The highest BCUT2D eigenvalue weighted by Crippen LogP contribution is 2.39. The van der Waals surface area contributed by atoms with Gasteiger partial charge in [-0.25, -0.2) is 0 Å². The zero-order valence-corrected chi connectivity index (χ0v) is 19.8. The van der Waals surface area contributed by atoms with E-state index in [1.165, 1.54) is 16.1 Å². The summed E-state index contributed by atoms with van der Waals surface area (Å²) >= 11 is 0. The summed E-state index contributed by atoms with van der Waals surface area (Å²) in [4.78, 5) is 39.3. The molecule has 0 aromatic heterocycles. The van der Waals surface area contributed by atoms with Crippen LogP contribution in [0.2, 0.25) is 0 Å². The monoisotopic (exact) mass is 482 g/mol. The quantitative estimate of drug-likeness (QED) is 0.565. The van der Waals surface area contributed by atoms with Crippen LogP contribution in [0.1, 0.15) is 39.9 Å². The molecule has 3 aromatic carbocycles. The highest BCUT2D eigenvalue weighted by Gasteiger charge is 2.32. The van der Waals surface area contributed by atoms with Crippen LogP contribution >= 0.6 is 0 Å². The summed E-state index contributed by atoms with van der Waals surface area (Å²) in [6.45, 7) is 4.45. The molecular weight excluding hydrogens is 456 g/mol. The van der Waals surface area contributed by atoms with E-state index >= 15 is 0 Å². The van der Waals surface area contributed by atoms with Gasteiger partial charge in [0.15, 0.2) is 0 Å². The van der Waals surface area contributed by atoms with Crippen molar-refractivity contribution in [3.8, 4) is 0 Å². The zero-order chi connectivity index (χ0) is 24.6. The van der Waals surface area contributed by atoms with Gasteiger partial charge in [-0.1, -0.05) is 42.5 Å². The fourth-order valence-electron chi connectivity index (χ4n) is 5.10. The number of rotatable bonds is 5. The summed E-state index contributed by atoms with van der Waals surface area (Å²) in [7, 11) is 0. The highest BCUT2D eigenvalue weighted by atomic mass is 16.5. The molecule has 0 saturated carbocycles. The van der Waals surface area contributed by atoms with E-state index < -0.39 is 5.91 Å². The van der Waals surface area contributed by atoms with Gasteiger partial charge in [0, 0.05) is 37.9 Å². The van der Waals surface area contributed by atoms with Crippen LogP contribution < -0.4 is 10.3 Å². The summed E-state index contributed by atoms with van der Waals surface area (Å²) in [5.41, 5.74) is 5.03. The average molecular weight is 483 g/mol. The first-order chi connectivity index (χ1) is 17.6. The topological polar surface area (TPSA) is 91.3 Å². The Labute approximate surface area is 208 Å². The predicted molar refractivity (Wildman–Crippen MR) is 136 cm³/mol. The fourth-order valence-corrected chi connectivity index (χ4v) is 5.10. The molecule has 1 N–H and O–H groups in total. The molecule has 0 spiro atoms. The molecule has 3 amide bonds. The SMILES string of the molecule is O=C1CCC(=NN2C(=O)c3cccc4c(Cc5ccc(CN6CCOCC6)cc5)ccc2c34)C(=O)N1. The van der Waals surface area contributed by atoms with Gasteiger partial charge in [-0.15, -0.1) is 0 Å². The molecule has 0 bridgehead atoms. The second-order valence-corrected chi connectivity index (χ2v) is 9.39. The third-order valence-electron chi connectivity index (χ3n) is 7.01. The Kier molecular flexibility index (Phi) is 5.83. The van der Waals surface area contributed by atoms with Crippen molar-refractivity contribution in [3.63, 3.8) is 0 Å². The van der Waals surface area contributed by atoms with Crippen molar-refractivity contribution in [1.29, 1.82) is 0 Å². The predicted octanol–water partition coefficient (Wildman–Crippen LogP) is 3.02. The molecule has 182 valence electrons. The minimum atomic E-state index is -0.542. The Hall–Kier alpha value is -3.88. The number of piperidine rings is 1. The lowest BCUT2D eigenvalue weighted by molar-refractivity contribution is -0.128. The van der Waals surface area contributed by atoms with Crippen LogP contribution in [0.4, 0.5) is 5.69 Å². The molecule has 0 aliphatic carbocycles. The molecule has 2 fully saturated rings. The Bertz CT molecular complexity index is 1410. The molecule has 0 radical (unpaired) electrons. The van der Waals surface area contributed by atoms with Crippen LogP contribution in [0, 0.1) is 0 Å². The molecule has 8 heteroatoms. The van der Waals surface area contributed by atoms with Crippen LogP contribution in [0.5, 0.6) is 0 Å². The smallest absolute Gasteiger partial charge is 0.279 e. The third-order valence-corrected chi connectivity index (χ3v) is 7.01. The van der Waals surface area contributed by atoms with Gasteiger partial charge >= 0.3 is 0 Å². The zero-order valence-electron chi connectivity index (χ0n) is 19.8. The van der Waals surface area contributed by atoms with Gasteiger partial charge in [0.25, 0.3) is 11.8 Å². The van der Waals surface area contributed by atoms with Crippen molar-refractivity contribution < 1.29 is 19.1 Å². The average Bonchev–Trinajstić information content (AvgIpc) is 3.16. The standard InChI is InChI=1S/C28H26N4O4/c33-25-11-9-23(27(34)29-25)30-32-24-10-8-20(21-2-1-3-22(26(21)24)28(32)35)16-18-4-6-19(7-5-18)17-31-12-14-36-15-13-31/h1-8,10H,9,11-17H2,(H,29,33,34). The summed E-state index contributed by atoms with van der Waals surface area (Å²) in [6, 6.07) is 18.4. The number of hydrazone groups is 1. The van der Waals surface area contributed by atoms with Crippen molar-refractivity contribution in [1.82, 2.24) is 10.2 Å². The number of nitrogens with one attached hydrogen (secondary N) is 1. The molecular formula is C28H26N4O4. The molecule has 3 aliphatic rings. The van der Waals surface area contributed by atoms with E-state index in [9.17, 15) is 14.4 Å². The second kappa shape index (κ2) is 9.29. The summed E-state index contributed by atoms with van der Waals surface area (Å²) in [5, 5.41) is 9.79. The number of anilines is 1. The van der Waals surface area contributed by atoms with Crippen molar-refractivity contribution in [3.05, 3.63) is 76.9 Å². The van der Waals surface area contributed by atoms with E-state index in [2.05, 4.69) is 39.6 Å². The van der Waals surface area contributed by atoms with Gasteiger partial charge in [0.1, 0.15) is 5.71 Å². The lowest BCUT2D eigenvalue weighted by atomic mass is 9.95. The number of imide groups is 1. The van der Waals surface area contributed by atoms with E-state index in [1.54, 1.807) is 6.07 Å². The van der Waals surface area contributed by atoms with Crippen molar-refractivity contribution in [2.45, 2.75) is 25.8 Å². The largest absolute Gasteiger partial charge is 0.379 e. The lowest BCUT2D eigenvalue weighted by Gasteiger charge is -2.26. The van der Waals surface area contributed by atoms with E-state index in [0.29, 0.717) is 11.3 Å². The lowest BCUT2D eigenvalue weighted by Crippen LogP contribution is -2.42. The number of carbonyl (C=O) groups excluding carboxylic acids is 3. The first kappa shape index (κ1) is 22.6. The molecule has 0 unspecified atom stereocenters. The molecule has 6 rings (SSSR count). The number of amides is 3. The normalized spacial score (nSPS) is 19.4. The van der Waals surface area contributed by atoms with Gasteiger partial charge < -0.3 is 4.74 Å². The number of carbonyl (C=O) groups is 3. The van der Waals surface area contributed by atoms with Gasteiger partial charge in [0.05, 0.1) is 24.5 Å². The van der Waals surface area contributed by atoms with E-state index in [-0.39, 0.29) is 30.4 Å². The number of benzene rings is 3. The van der Waals surface area contributed by atoms with E-state index in [0.717, 1.165) is 55.6 Å². The first-order valence-corrected chi connectivity index (χ1v) is 12.3. The molecule has 0 atom stereocenters. The molecule has 36 heavy (non-hydrogen) atoms. The highest BCUT2D eigenvalue weighted by molar-refractivity contribution is 6.43. The van der Waals surface area contributed by atoms with Gasteiger partial charge in [-0.05, 0) is 40.6 Å². The second-order valence-electron chi connectivity index (χ2n) is 9.39. The molecule has 3 aromatic rings. The maximum absolute atomic E-state index is 13.2. The van der Waals surface area contributed by atoms with Crippen LogP contribution in [-0.2, 0) is 27.3 Å². The number of nitrogens with zero attached hydrogens (tertiary/aromatic N) is 3. The summed E-state index contributed by atoms with van der Waals surface area (Å²) in [5.74, 6) is -1.13.